The SMILES string of the molecule is [NH3+]C(C(=O)OC1CCCCC1)c1ccccc1. The number of rotatable bonds is 3. The first kappa shape index (κ1) is 12.1. The minimum absolute atomic E-state index is 0.115. The Kier molecular flexibility index (Phi) is 4.15. The van der Waals surface area contributed by atoms with Crippen LogP contribution >= 0.6 is 0 Å². The first-order chi connectivity index (χ1) is 8.27. The highest BCUT2D eigenvalue weighted by Gasteiger charge is 2.25. The van der Waals surface area contributed by atoms with Gasteiger partial charge in [0.1, 0.15) is 6.10 Å². The van der Waals surface area contributed by atoms with Crippen molar-refractivity contribution in [2.45, 2.75) is 44.2 Å². The predicted molar refractivity (Wildman–Crippen MR) is 65.0 cm³/mol. The molecule has 3 nitrogen and oxygen atoms in total. The quantitative estimate of drug-likeness (QED) is 0.811. The predicted octanol–water partition coefficient (Wildman–Crippen LogP) is 1.85. The Morgan fingerprint density at radius 1 is 1.18 bits per heavy atom. The molecule has 2 rings (SSSR count). The molecule has 0 aromatic heterocycles. The summed E-state index contributed by atoms with van der Waals surface area (Å²) in [6, 6.07) is 9.20. The lowest BCUT2D eigenvalue weighted by molar-refractivity contribution is -0.415. The molecule has 3 N–H and O–H groups in total. The summed E-state index contributed by atoms with van der Waals surface area (Å²) < 4.78 is 5.51. The van der Waals surface area contributed by atoms with Gasteiger partial charge in [-0.1, -0.05) is 36.8 Å². The zero-order chi connectivity index (χ0) is 12.1. The number of quaternary nitrogens is 1. The second kappa shape index (κ2) is 5.82. The van der Waals surface area contributed by atoms with Crippen molar-refractivity contribution in [1.82, 2.24) is 0 Å². The van der Waals surface area contributed by atoms with Gasteiger partial charge in [0.15, 0.2) is 0 Å². The average Bonchev–Trinajstić information content (AvgIpc) is 2.40. The van der Waals surface area contributed by atoms with Crippen LogP contribution in [0.1, 0.15) is 43.7 Å². The van der Waals surface area contributed by atoms with Gasteiger partial charge in [-0.3, -0.25) is 0 Å². The number of ether oxygens (including phenoxy) is 1. The molecule has 0 saturated heterocycles. The van der Waals surface area contributed by atoms with Gasteiger partial charge in [0, 0.05) is 5.56 Å². The molecule has 1 aliphatic carbocycles. The Morgan fingerprint density at radius 2 is 1.82 bits per heavy atom. The second-order valence-corrected chi connectivity index (χ2v) is 4.66. The zero-order valence-electron chi connectivity index (χ0n) is 10.1. The molecular formula is C14H20NO2+. The van der Waals surface area contributed by atoms with Crippen LogP contribution in [-0.4, -0.2) is 12.1 Å². The van der Waals surface area contributed by atoms with E-state index in [2.05, 4.69) is 5.73 Å². The summed E-state index contributed by atoms with van der Waals surface area (Å²) in [5.74, 6) is -0.192. The summed E-state index contributed by atoms with van der Waals surface area (Å²) in [4.78, 5) is 11.9. The van der Waals surface area contributed by atoms with Gasteiger partial charge in [0.2, 0.25) is 6.04 Å². The maximum absolute atomic E-state index is 11.9. The van der Waals surface area contributed by atoms with Crippen LogP contribution in [0.4, 0.5) is 0 Å². The average molecular weight is 234 g/mol. The normalized spacial score (nSPS) is 18.6. The molecular weight excluding hydrogens is 214 g/mol. The molecule has 3 heteroatoms. The molecule has 0 aliphatic heterocycles. The third-order valence-corrected chi connectivity index (χ3v) is 3.32. The monoisotopic (exact) mass is 234 g/mol. The summed E-state index contributed by atoms with van der Waals surface area (Å²) >= 11 is 0. The molecule has 0 heterocycles. The van der Waals surface area contributed by atoms with E-state index in [1.54, 1.807) is 0 Å². The summed E-state index contributed by atoms with van der Waals surface area (Å²) in [6.45, 7) is 0. The molecule has 1 aliphatic rings. The standard InChI is InChI=1S/C14H19NO2/c15-13(11-7-3-1-4-8-11)14(16)17-12-9-5-2-6-10-12/h1,3-4,7-8,12-13H,2,5-6,9-10,15H2/p+1. The second-order valence-electron chi connectivity index (χ2n) is 4.66. The van der Waals surface area contributed by atoms with Crippen molar-refractivity contribution in [2.24, 2.45) is 0 Å². The van der Waals surface area contributed by atoms with Crippen molar-refractivity contribution in [3.8, 4) is 0 Å². The maximum Gasteiger partial charge on any atom is 0.370 e. The third-order valence-electron chi connectivity index (χ3n) is 3.32. The number of esters is 1. The molecule has 1 unspecified atom stereocenters. The Bertz CT molecular complexity index is 358. The Hall–Kier alpha value is -1.35. The fraction of sp³-hybridized carbons (Fsp3) is 0.500. The number of carbonyl (C=O) groups excluding carboxylic acids is 1. The number of benzene rings is 1. The van der Waals surface area contributed by atoms with E-state index in [0.29, 0.717) is 0 Å². The molecule has 0 radical (unpaired) electrons. The van der Waals surface area contributed by atoms with Crippen molar-refractivity contribution in [2.75, 3.05) is 0 Å². The fourth-order valence-electron chi connectivity index (χ4n) is 2.25. The highest BCUT2D eigenvalue weighted by molar-refractivity contribution is 5.76. The van der Waals surface area contributed by atoms with Crippen LogP contribution in [0.15, 0.2) is 30.3 Å². The lowest BCUT2D eigenvalue weighted by Gasteiger charge is -2.22. The Balaban J connectivity index is 1.91. The van der Waals surface area contributed by atoms with Crippen LogP contribution in [0.2, 0.25) is 0 Å². The van der Waals surface area contributed by atoms with E-state index in [-0.39, 0.29) is 12.1 Å². The number of carbonyl (C=O) groups is 1. The van der Waals surface area contributed by atoms with Crippen LogP contribution < -0.4 is 5.73 Å². The highest BCUT2D eigenvalue weighted by atomic mass is 16.5. The fourth-order valence-corrected chi connectivity index (χ4v) is 2.25. The van der Waals surface area contributed by atoms with Crippen LogP contribution in [-0.2, 0) is 9.53 Å². The van der Waals surface area contributed by atoms with Gasteiger partial charge >= 0.3 is 5.97 Å². The van der Waals surface area contributed by atoms with Crippen LogP contribution in [0.5, 0.6) is 0 Å². The molecule has 1 aromatic carbocycles. The van der Waals surface area contributed by atoms with Crippen molar-refractivity contribution in [1.29, 1.82) is 0 Å². The van der Waals surface area contributed by atoms with Gasteiger partial charge in [0.25, 0.3) is 0 Å². The topological polar surface area (TPSA) is 53.9 Å². The Labute approximate surface area is 102 Å². The lowest BCUT2D eigenvalue weighted by atomic mass is 9.97. The van der Waals surface area contributed by atoms with Crippen molar-refractivity contribution in [3.63, 3.8) is 0 Å². The van der Waals surface area contributed by atoms with Crippen LogP contribution in [0, 0.1) is 0 Å². The van der Waals surface area contributed by atoms with Crippen molar-refractivity contribution < 1.29 is 15.3 Å². The molecule has 1 fully saturated rings. The summed E-state index contributed by atoms with van der Waals surface area (Å²) in [5.41, 5.74) is 4.82. The largest absolute Gasteiger partial charge is 0.458 e. The van der Waals surface area contributed by atoms with E-state index in [4.69, 9.17) is 4.74 Å². The molecule has 1 saturated carbocycles. The van der Waals surface area contributed by atoms with E-state index in [0.717, 1.165) is 18.4 Å². The third kappa shape index (κ3) is 3.30. The lowest BCUT2D eigenvalue weighted by Crippen LogP contribution is -2.58. The van der Waals surface area contributed by atoms with Crippen molar-refractivity contribution >= 4 is 5.97 Å². The first-order valence-corrected chi connectivity index (χ1v) is 6.36. The molecule has 0 spiro atoms. The van der Waals surface area contributed by atoms with Gasteiger partial charge in [-0.2, -0.15) is 0 Å². The van der Waals surface area contributed by atoms with E-state index >= 15 is 0 Å². The van der Waals surface area contributed by atoms with Crippen LogP contribution in [0.25, 0.3) is 0 Å². The van der Waals surface area contributed by atoms with Crippen LogP contribution in [0.3, 0.4) is 0 Å². The summed E-state index contributed by atoms with van der Waals surface area (Å²) in [6.07, 6.45) is 5.74. The minimum atomic E-state index is -0.405. The van der Waals surface area contributed by atoms with Gasteiger partial charge in [0.05, 0.1) is 0 Å². The molecule has 0 bridgehead atoms. The van der Waals surface area contributed by atoms with E-state index in [9.17, 15) is 4.79 Å². The highest BCUT2D eigenvalue weighted by Crippen LogP contribution is 2.21. The maximum atomic E-state index is 11.9. The van der Waals surface area contributed by atoms with Gasteiger partial charge in [-0.05, 0) is 25.7 Å². The number of hydrogen-bond donors (Lipinski definition) is 1. The van der Waals surface area contributed by atoms with Gasteiger partial charge in [-0.15, -0.1) is 0 Å². The summed E-state index contributed by atoms with van der Waals surface area (Å²) in [5, 5.41) is 0. The summed E-state index contributed by atoms with van der Waals surface area (Å²) in [7, 11) is 0. The minimum Gasteiger partial charge on any atom is -0.458 e. The molecule has 17 heavy (non-hydrogen) atoms. The van der Waals surface area contributed by atoms with Crippen molar-refractivity contribution in [3.05, 3.63) is 35.9 Å². The Morgan fingerprint density at radius 3 is 2.47 bits per heavy atom. The molecule has 1 aromatic rings. The van der Waals surface area contributed by atoms with Gasteiger partial charge < -0.3 is 10.5 Å². The molecule has 1 atom stereocenters. The first-order valence-electron chi connectivity index (χ1n) is 6.36. The van der Waals surface area contributed by atoms with Gasteiger partial charge in [-0.25, -0.2) is 4.79 Å². The van der Waals surface area contributed by atoms with E-state index < -0.39 is 6.04 Å². The molecule has 92 valence electrons. The molecule has 0 amide bonds. The van der Waals surface area contributed by atoms with E-state index in [1.165, 1.54) is 19.3 Å². The van der Waals surface area contributed by atoms with E-state index in [1.807, 2.05) is 30.3 Å². The number of hydrogen-bond acceptors (Lipinski definition) is 2. The smallest absolute Gasteiger partial charge is 0.370 e. The zero-order valence-corrected chi connectivity index (χ0v) is 10.1.